The van der Waals surface area contributed by atoms with Gasteiger partial charge in [-0.05, 0) is 37.2 Å². The van der Waals surface area contributed by atoms with Crippen LogP contribution in [0.5, 0.6) is 0 Å². The molecule has 2 unspecified atom stereocenters. The Hall–Kier alpha value is -2.83. The van der Waals surface area contributed by atoms with E-state index in [-0.39, 0.29) is 36.5 Å². The van der Waals surface area contributed by atoms with Gasteiger partial charge in [0.1, 0.15) is 18.2 Å². The van der Waals surface area contributed by atoms with Crippen LogP contribution in [0, 0.1) is 17.2 Å². The van der Waals surface area contributed by atoms with Crippen LogP contribution in [0.3, 0.4) is 0 Å². The Morgan fingerprint density at radius 2 is 2.03 bits per heavy atom. The number of carbonyl (C=O) groups is 2. The molecule has 0 spiro atoms. The van der Waals surface area contributed by atoms with E-state index in [0.717, 1.165) is 18.4 Å². The zero-order valence-corrected chi connectivity index (χ0v) is 18.0. The van der Waals surface area contributed by atoms with Gasteiger partial charge in [-0.2, -0.15) is 5.26 Å². The second-order valence-corrected chi connectivity index (χ2v) is 8.04. The van der Waals surface area contributed by atoms with Crippen LogP contribution in [0.2, 0.25) is 0 Å². The molecular formula is C22H30BN3O5. The summed E-state index contributed by atoms with van der Waals surface area (Å²) in [4.78, 5) is 26.7. The molecule has 1 aromatic rings. The fourth-order valence-corrected chi connectivity index (χ4v) is 3.55. The van der Waals surface area contributed by atoms with Crippen molar-refractivity contribution in [2.45, 2.75) is 51.5 Å². The van der Waals surface area contributed by atoms with E-state index < -0.39 is 19.2 Å². The number of nitrogens with zero attached hydrogens (tertiary/aromatic N) is 2. The molecule has 1 fully saturated rings. The topological polar surface area (TPSA) is 123 Å². The minimum Gasteiger partial charge on any atom is -0.447 e. The average molecular weight is 427 g/mol. The monoisotopic (exact) mass is 427 g/mol. The molecule has 1 aliphatic rings. The van der Waals surface area contributed by atoms with E-state index in [1.165, 1.54) is 0 Å². The number of ether oxygens (including phenoxy) is 1. The first-order chi connectivity index (χ1) is 14.8. The van der Waals surface area contributed by atoms with Crippen molar-refractivity contribution in [1.29, 1.82) is 5.26 Å². The van der Waals surface area contributed by atoms with Crippen molar-refractivity contribution in [2.24, 2.45) is 5.92 Å². The molecule has 1 aliphatic heterocycles. The molecule has 0 radical (unpaired) electrons. The standard InChI is InChI=1S/C22H30BN3O5/c1-16(2)12-18(14-24)21(27)26-11-7-6-10-19(26)15-31-22(28)25-20(23(29)30)13-17-8-4-3-5-9-17/h3-5,8-9,12,16,19-20,29-30H,6-7,10-11,13,15H2,1-2H3,(H,25,28). The van der Waals surface area contributed by atoms with Gasteiger partial charge in [0, 0.05) is 6.54 Å². The van der Waals surface area contributed by atoms with Crippen molar-refractivity contribution in [1.82, 2.24) is 10.2 Å². The molecule has 9 heteroatoms. The minimum atomic E-state index is -1.75. The predicted molar refractivity (Wildman–Crippen MR) is 116 cm³/mol. The van der Waals surface area contributed by atoms with E-state index in [1.807, 2.05) is 50.2 Å². The van der Waals surface area contributed by atoms with Gasteiger partial charge in [0.05, 0.1) is 12.0 Å². The number of likely N-dealkylation sites (tertiary alicyclic amines) is 1. The number of allylic oxidation sites excluding steroid dienone is 1. The summed E-state index contributed by atoms with van der Waals surface area (Å²) in [6, 6.07) is 10.8. The van der Waals surface area contributed by atoms with Gasteiger partial charge in [0.2, 0.25) is 0 Å². The third-order valence-corrected chi connectivity index (χ3v) is 5.11. The highest BCUT2D eigenvalue weighted by Gasteiger charge is 2.31. The van der Waals surface area contributed by atoms with Crippen molar-refractivity contribution in [2.75, 3.05) is 13.2 Å². The van der Waals surface area contributed by atoms with Crippen molar-refractivity contribution in [3.05, 3.63) is 47.5 Å². The quantitative estimate of drug-likeness (QED) is 0.331. The molecule has 1 heterocycles. The van der Waals surface area contributed by atoms with E-state index in [9.17, 15) is 24.9 Å². The summed E-state index contributed by atoms with van der Waals surface area (Å²) >= 11 is 0. The largest absolute Gasteiger partial charge is 0.475 e. The molecule has 2 amide bonds. The average Bonchev–Trinajstić information content (AvgIpc) is 2.75. The highest BCUT2D eigenvalue weighted by atomic mass is 16.5. The fraction of sp³-hybridized carbons (Fsp3) is 0.500. The van der Waals surface area contributed by atoms with Crippen LogP contribution in [-0.4, -0.2) is 59.2 Å². The summed E-state index contributed by atoms with van der Waals surface area (Å²) < 4.78 is 5.31. The lowest BCUT2D eigenvalue weighted by atomic mass is 9.76. The molecule has 2 atom stereocenters. The fourth-order valence-electron chi connectivity index (χ4n) is 3.55. The maximum absolute atomic E-state index is 12.8. The Kier molecular flexibility index (Phi) is 9.57. The van der Waals surface area contributed by atoms with E-state index in [2.05, 4.69) is 5.32 Å². The lowest BCUT2D eigenvalue weighted by Gasteiger charge is -2.35. The summed E-state index contributed by atoms with van der Waals surface area (Å²) in [5.41, 5.74) is 0.934. The molecule has 166 valence electrons. The molecule has 3 N–H and O–H groups in total. The van der Waals surface area contributed by atoms with Gasteiger partial charge in [-0.25, -0.2) is 4.79 Å². The first-order valence-corrected chi connectivity index (χ1v) is 10.6. The highest BCUT2D eigenvalue weighted by Crippen LogP contribution is 2.20. The van der Waals surface area contributed by atoms with Gasteiger partial charge in [-0.3, -0.25) is 4.79 Å². The first kappa shape index (κ1) is 24.4. The molecule has 0 bridgehead atoms. The number of nitrogens with one attached hydrogen (secondary N) is 1. The van der Waals surface area contributed by atoms with Crippen molar-refractivity contribution < 1.29 is 24.4 Å². The summed E-state index contributed by atoms with van der Waals surface area (Å²) in [7, 11) is -1.75. The molecule has 1 aromatic carbocycles. The number of carbonyl (C=O) groups excluding carboxylic acids is 2. The van der Waals surface area contributed by atoms with E-state index in [4.69, 9.17) is 4.74 Å². The van der Waals surface area contributed by atoms with Crippen LogP contribution in [-0.2, 0) is 16.0 Å². The van der Waals surface area contributed by atoms with Gasteiger partial charge in [-0.1, -0.05) is 50.3 Å². The smallest absolute Gasteiger partial charge is 0.447 e. The number of amides is 2. The SMILES string of the molecule is CC(C)C=C(C#N)C(=O)N1CCCCC1COC(=O)NC(Cc1ccccc1)B(O)O. The number of benzene rings is 1. The van der Waals surface area contributed by atoms with Gasteiger partial charge >= 0.3 is 13.2 Å². The summed E-state index contributed by atoms with van der Waals surface area (Å²) in [6.45, 7) is 4.26. The predicted octanol–water partition coefficient (Wildman–Crippen LogP) is 1.82. The maximum atomic E-state index is 12.8. The van der Waals surface area contributed by atoms with Crippen LogP contribution in [0.25, 0.3) is 0 Å². The van der Waals surface area contributed by atoms with Crippen molar-refractivity contribution in [3.8, 4) is 6.07 Å². The Labute approximate surface area is 183 Å². The Morgan fingerprint density at radius 3 is 2.65 bits per heavy atom. The van der Waals surface area contributed by atoms with Gasteiger partial charge in [-0.15, -0.1) is 0 Å². The third kappa shape index (κ3) is 7.74. The number of alkyl carbamates (subject to hydrolysis) is 1. The minimum absolute atomic E-state index is 0.0302. The Balaban J connectivity index is 1.96. The first-order valence-electron chi connectivity index (χ1n) is 10.6. The van der Waals surface area contributed by atoms with Gasteiger partial charge in [0.15, 0.2) is 0 Å². The number of piperidine rings is 1. The number of nitriles is 1. The van der Waals surface area contributed by atoms with Crippen molar-refractivity contribution >= 4 is 19.1 Å². The molecule has 8 nitrogen and oxygen atoms in total. The van der Waals surface area contributed by atoms with Crippen LogP contribution >= 0.6 is 0 Å². The Bertz CT molecular complexity index is 807. The van der Waals surface area contributed by atoms with E-state index >= 15 is 0 Å². The van der Waals surface area contributed by atoms with E-state index in [1.54, 1.807) is 11.0 Å². The maximum Gasteiger partial charge on any atom is 0.475 e. The molecule has 31 heavy (non-hydrogen) atoms. The second-order valence-electron chi connectivity index (χ2n) is 8.04. The van der Waals surface area contributed by atoms with Gasteiger partial charge < -0.3 is 25.0 Å². The zero-order valence-electron chi connectivity index (χ0n) is 18.0. The molecule has 0 saturated carbocycles. The second kappa shape index (κ2) is 12.1. The van der Waals surface area contributed by atoms with Crippen LogP contribution < -0.4 is 5.32 Å². The molecular weight excluding hydrogens is 397 g/mol. The lowest BCUT2D eigenvalue weighted by molar-refractivity contribution is -0.131. The molecule has 1 saturated heterocycles. The van der Waals surface area contributed by atoms with Crippen LogP contribution in [0.4, 0.5) is 4.79 Å². The summed E-state index contributed by atoms with van der Waals surface area (Å²) in [5, 5.41) is 31.0. The molecule has 0 aliphatic carbocycles. The normalized spacial score (nSPS) is 17.6. The number of rotatable bonds is 8. The van der Waals surface area contributed by atoms with Crippen molar-refractivity contribution in [3.63, 3.8) is 0 Å². The Morgan fingerprint density at radius 1 is 1.32 bits per heavy atom. The summed E-state index contributed by atoms with van der Waals surface area (Å²) in [5.74, 6) is -1.22. The lowest BCUT2D eigenvalue weighted by Crippen LogP contribution is -2.50. The number of hydrogen-bond acceptors (Lipinski definition) is 6. The van der Waals surface area contributed by atoms with E-state index in [0.29, 0.717) is 13.0 Å². The molecule has 0 aromatic heterocycles. The zero-order chi connectivity index (χ0) is 22.8. The van der Waals surface area contributed by atoms with Crippen LogP contribution in [0.1, 0.15) is 38.7 Å². The molecule has 2 rings (SSSR count). The number of hydrogen-bond donors (Lipinski definition) is 3. The third-order valence-electron chi connectivity index (χ3n) is 5.11. The van der Waals surface area contributed by atoms with Crippen LogP contribution in [0.15, 0.2) is 42.0 Å². The summed E-state index contributed by atoms with van der Waals surface area (Å²) in [6.07, 6.45) is 3.46. The van der Waals surface area contributed by atoms with Gasteiger partial charge in [0.25, 0.3) is 5.91 Å². The highest BCUT2D eigenvalue weighted by molar-refractivity contribution is 6.43.